The number of sulfonamides is 1. The Balaban J connectivity index is 1.18. The summed E-state index contributed by atoms with van der Waals surface area (Å²) < 4.78 is 73.5. The van der Waals surface area contributed by atoms with Crippen LogP contribution in [0.3, 0.4) is 0 Å². The number of nitrogens with zero attached hydrogens (tertiary/aromatic N) is 1. The third kappa shape index (κ3) is 7.12. The maximum atomic E-state index is 12.8. The number of carbonyl (C=O) groups excluding carboxylic acids is 1. The van der Waals surface area contributed by atoms with Gasteiger partial charge in [0.25, 0.3) is 0 Å². The second-order valence-electron chi connectivity index (χ2n) is 9.00. The van der Waals surface area contributed by atoms with Gasteiger partial charge in [0.2, 0.25) is 15.9 Å². The van der Waals surface area contributed by atoms with Crippen LogP contribution in [0.5, 0.6) is 11.5 Å². The van der Waals surface area contributed by atoms with Gasteiger partial charge in [-0.25, -0.2) is 8.42 Å². The van der Waals surface area contributed by atoms with E-state index in [4.69, 9.17) is 4.74 Å². The fourth-order valence-electron chi connectivity index (χ4n) is 4.37. The Bertz CT molecular complexity index is 1200. The van der Waals surface area contributed by atoms with Crippen LogP contribution in [0.4, 0.5) is 18.9 Å². The summed E-state index contributed by atoms with van der Waals surface area (Å²) in [6, 6.07) is 9.49. The maximum absolute atomic E-state index is 12.8. The summed E-state index contributed by atoms with van der Waals surface area (Å²) in [4.78, 5) is 11.5. The number of halogens is 3. The van der Waals surface area contributed by atoms with Crippen molar-refractivity contribution in [2.45, 2.75) is 36.6 Å². The van der Waals surface area contributed by atoms with Crippen LogP contribution < -0.4 is 20.1 Å². The Kier molecular flexibility index (Phi) is 8.26. The van der Waals surface area contributed by atoms with Crippen molar-refractivity contribution in [2.75, 3.05) is 38.1 Å². The molecule has 1 amide bonds. The van der Waals surface area contributed by atoms with E-state index in [0.29, 0.717) is 25.1 Å². The first-order valence-electron chi connectivity index (χ1n) is 11.8. The zero-order chi connectivity index (χ0) is 26.6. The lowest BCUT2D eigenvalue weighted by Gasteiger charge is -2.31. The van der Waals surface area contributed by atoms with Crippen LogP contribution in [-0.4, -0.2) is 69.0 Å². The Hall–Kier alpha value is -2.87. The number of aliphatic hydroxyl groups excluding tert-OH is 1. The lowest BCUT2D eigenvalue weighted by Crippen LogP contribution is -2.42. The summed E-state index contributed by atoms with van der Waals surface area (Å²) in [5.41, 5.74) is 1.50. The van der Waals surface area contributed by atoms with Crippen LogP contribution in [0.1, 0.15) is 18.4 Å². The second kappa shape index (κ2) is 11.3. The van der Waals surface area contributed by atoms with Crippen LogP contribution in [0.2, 0.25) is 0 Å². The number of alkyl halides is 3. The predicted octanol–water partition coefficient (Wildman–Crippen LogP) is 2.51. The first-order valence-corrected chi connectivity index (χ1v) is 13.2. The number of hydrogen-bond acceptors (Lipinski definition) is 7. The molecule has 0 saturated carbocycles. The van der Waals surface area contributed by atoms with Gasteiger partial charge in [-0.2, -0.15) is 4.31 Å². The number of fused-ring (bicyclic) bond motifs is 1. The molecule has 4 rings (SSSR count). The quantitative estimate of drug-likeness (QED) is 0.422. The van der Waals surface area contributed by atoms with Crippen LogP contribution >= 0.6 is 0 Å². The summed E-state index contributed by atoms with van der Waals surface area (Å²) >= 11 is 0. The Morgan fingerprint density at radius 3 is 2.51 bits per heavy atom. The molecule has 0 bridgehead atoms. The monoisotopic (exact) mass is 543 g/mol. The molecule has 1 fully saturated rings. The van der Waals surface area contributed by atoms with Crippen molar-refractivity contribution in [1.29, 1.82) is 0 Å². The van der Waals surface area contributed by atoms with Gasteiger partial charge in [0.05, 0.1) is 11.3 Å². The molecule has 1 atom stereocenters. The fourth-order valence-corrected chi connectivity index (χ4v) is 5.84. The van der Waals surface area contributed by atoms with E-state index in [0.717, 1.165) is 35.5 Å². The number of ether oxygens (including phenoxy) is 2. The van der Waals surface area contributed by atoms with Gasteiger partial charge in [-0.15, -0.1) is 13.2 Å². The Morgan fingerprint density at radius 1 is 1.14 bits per heavy atom. The van der Waals surface area contributed by atoms with Gasteiger partial charge in [-0.1, -0.05) is 6.07 Å². The van der Waals surface area contributed by atoms with Crippen LogP contribution in [0.25, 0.3) is 0 Å². The molecule has 37 heavy (non-hydrogen) atoms. The van der Waals surface area contributed by atoms with Crippen LogP contribution in [0, 0.1) is 5.92 Å². The average Bonchev–Trinajstić information content (AvgIpc) is 3.23. The van der Waals surface area contributed by atoms with E-state index in [-0.39, 0.29) is 49.4 Å². The van der Waals surface area contributed by atoms with E-state index >= 15 is 0 Å². The molecular formula is C24H28F3N3O6S. The lowest BCUT2D eigenvalue weighted by atomic mass is 9.98. The van der Waals surface area contributed by atoms with Gasteiger partial charge < -0.3 is 25.2 Å². The third-order valence-corrected chi connectivity index (χ3v) is 8.17. The van der Waals surface area contributed by atoms with E-state index < -0.39 is 28.2 Å². The molecule has 2 aliphatic rings. The lowest BCUT2D eigenvalue weighted by molar-refractivity contribution is -0.274. The minimum atomic E-state index is -4.85. The van der Waals surface area contributed by atoms with Crippen molar-refractivity contribution in [3.05, 3.63) is 48.0 Å². The van der Waals surface area contributed by atoms with E-state index in [9.17, 15) is 31.5 Å². The summed E-state index contributed by atoms with van der Waals surface area (Å²) in [5.74, 6) is 0.187. The summed E-state index contributed by atoms with van der Waals surface area (Å²) in [7, 11) is -3.83. The van der Waals surface area contributed by atoms with Crippen molar-refractivity contribution in [1.82, 2.24) is 9.62 Å². The van der Waals surface area contributed by atoms with Crippen molar-refractivity contribution in [2.24, 2.45) is 5.92 Å². The highest BCUT2D eigenvalue weighted by molar-refractivity contribution is 7.89. The third-order valence-electron chi connectivity index (χ3n) is 6.26. The SMILES string of the molecule is O=C1Cc2c(cccc2OC[C@H](O)CNCC2CCN(S(=O)(=O)c3ccc(OC(F)(F)F)cc3)CC2)N1. The molecule has 0 aromatic heterocycles. The van der Waals surface area contributed by atoms with Gasteiger partial charge in [0.1, 0.15) is 24.2 Å². The maximum Gasteiger partial charge on any atom is 0.573 e. The highest BCUT2D eigenvalue weighted by atomic mass is 32.2. The van der Waals surface area contributed by atoms with Gasteiger partial charge >= 0.3 is 6.36 Å². The van der Waals surface area contributed by atoms with Crippen molar-refractivity contribution >= 4 is 21.6 Å². The number of rotatable bonds is 10. The van der Waals surface area contributed by atoms with E-state index in [1.165, 1.54) is 4.31 Å². The first kappa shape index (κ1) is 27.2. The number of piperidine rings is 1. The Morgan fingerprint density at radius 2 is 1.84 bits per heavy atom. The molecule has 2 aliphatic heterocycles. The molecule has 2 aromatic carbocycles. The highest BCUT2D eigenvalue weighted by Gasteiger charge is 2.32. The molecule has 2 aromatic rings. The van der Waals surface area contributed by atoms with Crippen molar-refractivity contribution < 1.29 is 41.0 Å². The summed E-state index contributed by atoms with van der Waals surface area (Å²) in [5, 5.41) is 16.2. The van der Waals surface area contributed by atoms with Crippen LogP contribution in [-0.2, 0) is 21.2 Å². The molecule has 9 nitrogen and oxygen atoms in total. The molecule has 0 aliphatic carbocycles. The van der Waals surface area contributed by atoms with E-state index in [1.807, 2.05) is 0 Å². The molecule has 3 N–H and O–H groups in total. The minimum absolute atomic E-state index is 0.0567. The molecule has 0 unspecified atom stereocenters. The largest absolute Gasteiger partial charge is 0.573 e. The molecule has 1 saturated heterocycles. The van der Waals surface area contributed by atoms with Gasteiger partial charge in [0, 0.05) is 30.9 Å². The van der Waals surface area contributed by atoms with Crippen molar-refractivity contribution in [3.63, 3.8) is 0 Å². The summed E-state index contributed by atoms with van der Waals surface area (Å²) in [6.07, 6.45) is -4.17. The highest BCUT2D eigenvalue weighted by Crippen LogP contribution is 2.31. The molecule has 0 radical (unpaired) electrons. The number of hydrogen-bond donors (Lipinski definition) is 3. The van der Waals surface area contributed by atoms with E-state index in [2.05, 4.69) is 15.4 Å². The first-order chi connectivity index (χ1) is 17.5. The van der Waals surface area contributed by atoms with Gasteiger partial charge in [-0.05, 0) is 61.7 Å². The zero-order valence-corrected chi connectivity index (χ0v) is 20.6. The number of aliphatic hydroxyl groups is 1. The zero-order valence-electron chi connectivity index (χ0n) is 19.8. The molecule has 0 spiro atoms. The second-order valence-corrected chi connectivity index (χ2v) is 10.9. The average molecular weight is 544 g/mol. The van der Waals surface area contributed by atoms with Crippen molar-refractivity contribution in [3.8, 4) is 11.5 Å². The fraction of sp³-hybridized carbons (Fsp3) is 0.458. The van der Waals surface area contributed by atoms with Gasteiger partial charge in [-0.3, -0.25) is 4.79 Å². The molecule has 202 valence electrons. The Labute approximate surface area is 212 Å². The number of nitrogens with one attached hydrogen (secondary N) is 2. The number of anilines is 1. The standard InChI is InChI=1S/C24H28F3N3O6S/c25-24(26,27)36-18-4-6-19(7-5-18)37(33,34)30-10-8-16(9-11-30)13-28-14-17(31)15-35-22-3-1-2-21-20(22)12-23(32)29-21/h1-7,16-17,28,31H,8-15H2,(H,29,32)/t17-/m1/s1. The van der Waals surface area contributed by atoms with E-state index in [1.54, 1.807) is 18.2 Å². The summed E-state index contributed by atoms with van der Waals surface area (Å²) in [6.45, 7) is 1.51. The topological polar surface area (TPSA) is 117 Å². The molecule has 13 heteroatoms. The number of amides is 1. The van der Waals surface area contributed by atoms with Crippen LogP contribution in [0.15, 0.2) is 47.4 Å². The minimum Gasteiger partial charge on any atom is -0.490 e. The number of benzene rings is 2. The molecule has 2 heterocycles. The number of carbonyl (C=O) groups is 1. The smallest absolute Gasteiger partial charge is 0.490 e. The predicted molar refractivity (Wildman–Crippen MR) is 128 cm³/mol. The van der Waals surface area contributed by atoms with Gasteiger partial charge in [0.15, 0.2) is 0 Å². The normalized spacial score (nSPS) is 17.8. The molecular weight excluding hydrogens is 515 g/mol.